The quantitative estimate of drug-likeness (QED) is 0.858. The maximum Gasteiger partial charge on any atom is 0.182 e. The molecule has 1 heterocycles. The number of H-pyrrole nitrogens is 1. The van der Waals surface area contributed by atoms with Gasteiger partial charge in [0.25, 0.3) is 0 Å². The predicted molar refractivity (Wildman–Crippen MR) is 69.9 cm³/mol. The van der Waals surface area contributed by atoms with E-state index >= 15 is 0 Å². The number of halogens is 1. The molecule has 0 bridgehead atoms. The van der Waals surface area contributed by atoms with Crippen molar-refractivity contribution in [3.63, 3.8) is 0 Å². The first kappa shape index (κ1) is 11.4. The molecule has 0 aliphatic carbocycles. The van der Waals surface area contributed by atoms with Gasteiger partial charge in [-0.3, -0.25) is 4.57 Å². The van der Waals surface area contributed by atoms with Crippen molar-refractivity contribution in [2.45, 2.75) is 6.92 Å². The SMILES string of the molecule is COc1ccc(-n2c(C)c[nH]c2=S)cc1Br. The summed E-state index contributed by atoms with van der Waals surface area (Å²) in [5, 5.41) is 0. The number of nitrogens with zero attached hydrogens (tertiary/aromatic N) is 1. The van der Waals surface area contributed by atoms with E-state index in [1.165, 1.54) is 0 Å². The number of aromatic amines is 1. The number of aromatic nitrogens is 2. The minimum atomic E-state index is 0.689. The summed E-state index contributed by atoms with van der Waals surface area (Å²) >= 11 is 8.68. The summed E-state index contributed by atoms with van der Waals surface area (Å²) in [6, 6.07) is 5.86. The summed E-state index contributed by atoms with van der Waals surface area (Å²) in [5.41, 5.74) is 2.08. The minimum absolute atomic E-state index is 0.689. The molecular formula is C11H11BrN2OS. The van der Waals surface area contributed by atoms with Crippen molar-refractivity contribution < 1.29 is 4.74 Å². The van der Waals surface area contributed by atoms with E-state index < -0.39 is 0 Å². The van der Waals surface area contributed by atoms with Gasteiger partial charge in [-0.15, -0.1) is 0 Å². The molecule has 1 aromatic carbocycles. The summed E-state index contributed by atoms with van der Waals surface area (Å²) in [6.07, 6.45) is 1.89. The van der Waals surface area contributed by atoms with Gasteiger partial charge in [-0.2, -0.15) is 0 Å². The maximum atomic E-state index is 5.22. The molecule has 0 saturated heterocycles. The lowest BCUT2D eigenvalue weighted by atomic mass is 10.3. The van der Waals surface area contributed by atoms with Crippen LogP contribution in [0, 0.1) is 11.7 Å². The first-order valence-corrected chi connectivity index (χ1v) is 5.94. The first-order chi connectivity index (χ1) is 7.63. The van der Waals surface area contributed by atoms with Crippen LogP contribution in [0.3, 0.4) is 0 Å². The number of hydrogen-bond acceptors (Lipinski definition) is 2. The fraction of sp³-hybridized carbons (Fsp3) is 0.182. The van der Waals surface area contributed by atoms with Gasteiger partial charge in [-0.05, 0) is 53.3 Å². The zero-order valence-corrected chi connectivity index (χ0v) is 11.4. The molecule has 1 aromatic heterocycles. The Balaban J connectivity index is 2.58. The monoisotopic (exact) mass is 298 g/mol. The Labute approximate surface area is 107 Å². The first-order valence-electron chi connectivity index (χ1n) is 4.74. The lowest BCUT2D eigenvalue weighted by Gasteiger charge is -2.08. The van der Waals surface area contributed by atoms with Gasteiger partial charge >= 0.3 is 0 Å². The smallest absolute Gasteiger partial charge is 0.182 e. The summed E-state index contributed by atoms with van der Waals surface area (Å²) in [5.74, 6) is 0.809. The number of methoxy groups -OCH3 is 1. The number of benzene rings is 1. The van der Waals surface area contributed by atoms with Crippen molar-refractivity contribution in [2.24, 2.45) is 0 Å². The zero-order valence-electron chi connectivity index (χ0n) is 8.95. The minimum Gasteiger partial charge on any atom is -0.496 e. The van der Waals surface area contributed by atoms with Crippen LogP contribution in [0.2, 0.25) is 0 Å². The van der Waals surface area contributed by atoms with Crippen molar-refractivity contribution in [3.8, 4) is 11.4 Å². The molecule has 84 valence electrons. The van der Waals surface area contributed by atoms with Gasteiger partial charge in [-0.1, -0.05) is 0 Å². The highest BCUT2D eigenvalue weighted by molar-refractivity contribution is 9.10. The Hall–Kier alpha value is -1.07. The van der Waals surface area contributed by atoms with E-state index in [-0.39, 0.29) is 0 Å². The standard InChI is InChI=1S/C11H11BrN2OS/c1-7-6-13-11(16)14(7)8-3-4-10(15-2)9(12)5-8/h3-6H,1-2H3,(H,13,16). The van der Waals surface area contributed by atoms with Crippen LogP contribution in [0.5, 0.6) is 5.75 Å². The maximum absolute atomic E-state index is 5.22. The second-order valence-electron chi connectivity index (χ2n) is 3.39. The van der Waals surface area contributed by atoms with Crippen LogP contribution in [0.1, 0.15) is 5.69 Å². The van der Waals surface area contributed by atoms with Crippen molar-refractivity contribution in [2.75, 3.05) is 7.11 Å². The van der Waals surface area contributed by atoms with Gasteiger partial charge in [0.05, 0.1) is 11.6 Å². The molecule has 0 atom stereocenters. The summed E-state index contributed by atoms with van der Waals surface area (Å²) in [6.45, 7) is 2.00. The highest BCUT2D eigenvalue weighted by Gasteiger charge is 2.05. The van der Waals surface area contributed by atoms with E-state index in [4.69, 9.17) is 17.0 Å². The number of rotatable bonds is 2. The average molecular weight is 299 g/mol. The molecule has 16 heavy (non-hydrogen) atoms. The topological polar surface area (TPSA) is 29.9 Å². The lowest BCUT2D eigenvalue weighted by Crippen LogP contribution is -1.97. The van der Waals surface area contributed by atoms with Crippen molar-refractivity contribution in [1.29, 1.82) is 0 Å². The highest BCUT2D eigenvalue weighted by atomic mass is 79.9. The van der Waals surface area contributed by atoms with Crippen LogP contribution in [-0.4, -0.2) is 16.7 Å². The Bertz CT molecular complexity index is 574. The van der Waals surface area contributed by atoms with Crippen LogP contribution in [-0.2, 0) is 0 Å². The van der Waals surface area contributed by atoms with Gasteiger partial charge in [0.15, 0.2) is 4.77 Å². The predicted octanol–water partition coefficient (Wildman–Crippen LogP) is 3.61. The molecule has 0 aliphatic rings. The lowest BCUT2D eigenvalue weighted by molar-refractivity contribution is 0.412. The number of ether oxygens (including phenoxy) is 1. The van der Waals surface area contributed by atoms with E-state index in [1.807, 2.05) is 35.9 Å². The fourth-order valence-corrected chi connectivity index (χ4v) is 2.41. The Kier molecular flexibility index (Phi) is 3.16. The normalized spacial score (nSPS) is 10.4. The molecule has 0 aliphatic heterocycles. The summed E-state index contributed by atoms with van der Waals surface area (Å²) in [7, 11) is 1.65. The molecule has 1 N–H and O–H groups in total. The van der Waals surface area contributed by atoms with Crippen molar-refractivity contribution in [1.82, 2.24) is 9.55 Å². The third kappa shape index (κ3) is 1.92. The van der Waals surface area contributed by atoms with E-state index in [0.29, 0.717) is 4.77 Å². The molecule has 0 amide bonds. The van der Waals surface area contributed by atoms with Gasteiger partial charge < -0.3 is 9.72 Å². The molecule has 0 fully saturated rings. The summed E-state index contributed by atoms with van der Waals surface area (Å²) in [4.78, 5) is 3.01. The third-order valence-corrected chi connectivity index (χ3v) is 3.27. The van der Waals surface area contributed by atoms with Crippen LogP contribution in [0.4, 0.5) is 0 Å². The highest BCUT2D eigenvalue weighted by Crippen LogP contribution is 2.27. The molecule has 2 rings (SSSR count). The van der Waals surface area contributed by atoms with Crippen molar-refractivity contribution in [3.05, 3.63) is 39.3 Å². The molecular weight excluding hydrogens is 288 g/mol. The Morgan fingerprint density at radius 3 is 2.69 bits per heavy atom. The molecule has 0 unspecified atom stereocenters. The summed E-state index contributed by atoms with van der Waals surface area (Å²) < 4.78 is 8.76. The van der Waals surface area contributed by atoms with E-state index in [2.05, 4.69) is 20.9 Å². The van der Waals surface area contributed by atoms with Crippen LogP contribution in [0.15, 0.2) is 28.9 Å². The number of hydrogen-bond donors (Lipinski definition) is 1. The zero-order chi connectivity index (χ0) is 11.7. The average Bonchev–Trinajstić information content (AvgIpc) is 2.58. The largest absolute Gasteiger partial charge is 0.496 e. The second-order valence-corrected chi connectivity index (χ2v) is 4.63. The van der Waals surface area contributed by atoms with Gasteiger partial charge in [0.2, 0.25) is 0 Å². The third-order valence-electron chi connectivity index (χ3n) is 2.35. The molecule has 0 spiro atoms. The van der Waals surface area contributed by atoms with Gasteiger partial charge in [0.1, 0.15) is 5.75 Å². The fourth-order valence-electron chi connectivity index (χ4n) is 1.57. The number of nitrogens with one attached hydrogen (secondary N) is 1. The Morgan fingerprint density at radius 2 is 2.19 bits per heavy atom. The van der Waals surface area contributed by atoms with Crippen LogP contribution < -0.4 is 4.74 Å². The van der Waals surface area contributed by atoms with Gasteiger partial charge in [-0.25, -0.2) is 0 Å². The molecule has 0 radical (unpaired) electrons. The molecule has 3 nitrogen and oxygen atoms in total. The van der Waals surface area contributed by atoms with E-state index in [0.717, 1.165) is 21.6 Å². The molecule has 2 aromatic rings. The molecule has 0 saturated carbocycles. The number of imidazole rings is 1. The van der Waals surface area contributed by atoms with Gasteiger partial charge in [0, 0.05) is 17.6 Å². The second kappa shape index (κ2) is 4.43. The Morgan fingerprint density at radius 1 is 1.44 bits per heavy atom. The number of aryl methyl sites for hydroxylation is 1. The van der Waals surface area contributed by atoms with Crippen LogP contribution >= 0.6 is 28.1 Å². The molecule has 5 heteroatoms. The van der Waals surface area contributed by atoms with Crippen molar-refractivity contribution >= 4 is 28.1 Å². The van der Waals surface area contributed by atoms with E-state index in [1.54, 1.807) is 7.11 Å². The van der Waals surface area contributed by atoms with E-state index in [9.17, 15) is 0 Å². The van der Waals surface area contributed by atoms with Crippen LogP contribution in [0.25, 0.3) is 5.69 Å².